The van der Waals surface area contributed by atoms with E-state index in [1.807, 2.05) is 6.07 Å². The van der Waals surface area contributed by atoms with Crippen LogP contribution in [-0.4, -0.2) is 69.6 Å². The molecule has 0 radical (unpaired) electrons. The van der Waals surface area contributed by atoms with E-state index in [1.165, 1.54) is 19.3 Å². The first kappa shape index (κ1) is 33.8. The third-order valence-corrected chi connectivity index (χ3v) is 8.94. The number of fused-ring (bicyclic) bond motifs is 1. The van der Waals surface area contributed by atoms with E-state index in [4.69, 9.17) is 27.9 Å². The average molecular weight is 585 g/mol. The van der Waals surface area contributed by atoms with Crippen LogP contribution in [0.1, 0.15) is 80.6 Å². The first-order chi connectivity index (χ1) is 16.1. The van der Waals surface area contributed by atoms with Gasteiger partial charge >= 0.3 is 0 Å². The summed E-state index contributed by atoms with van der Waals surface area (Å²) in [5.74, 6) is 1.33. The van der Waals surface area contributed by atoms with Crippen LogP contribution in [-0.2, 0) is 6.42 Å². The summed E-state index contributed by atoms with van der Waals surface area (Å²) in [6.45, 7) is 6.10. The van der Waals surface area contributed by atoms with E-state index in [0.29, 0.717) is 33.9 Å². The van der Waals surface area contributed by atoms with Gasteiger partial charge in [0, 0.05) is 30.4 Å². The molecule has 1 aromatic rings. The molecule has 2 aliphatic carbocycles. The lowest BCUT2D eigenvalue weighted by Gasteiger charge is -2.34. The molecule has 3 rings (SSSR count). The van der Waals surface area contributed by atoms with Gasteiger partial charge in [0.2, 0.25) is 0 Å². The van der Waals surface area contributed by atoms with E-state index in [2.05, 4.69) is 40.0 Å². The molecular formula is C28H46Cl4N2O2. The molecule has 4 nitrogen and oxygen atoms in total. The minimum Gasteiger partial charge on any atom is -1.00 e. The summed E-state index contributed by atoms with van der Waals surface area (Å²) in [4.78, 5) is 16.0. The van der Waals surface area contributed by atoms with Gasteiger partial charge in [0.25, 0.3) is 0 Å². The molecule has 0 aliphatic heterocycles. The lowest BCUT2D eigenvalue weighted by atomic mass is 9.68. The molecule has 0 amide bonds. The molecule has 2 aliphatic rings. The van der Waals surface area contributed by atoms with Crippen molar-refractivity contribution in [2.75, 3.05) is 54.4 Å². The second kappa shape index (κ2) is 14.8. The summed E-state index contributed by atoms with van der Waals surface area (Å²) in [6.07, 6.45) is 10.8. The van der Waals surface area contributed by atoms with Gasteiger partial charge in [-0.1, -0.05) is 55.8 Å². The normalized spacial score (nSPS) is 19.8. The number of hydrogen-bond donors (Lipinski definition) is 0. The summed E-state index contributed by atoms with van der Waals surface area (Å²) in [5.41, 5.74) is 1.41. The first-order valence-electron chi connectivity index (χ1n) is 13.3. The highest BCUT2D eigenvalue weighted by Crippen LogP contribution is 2.54. The molecule has 1 aromatic carbocycles. The molecule has 0 spiro atoms. The van der Waals surface area contributed by atoms with Gasteiger partial charge in [0.15, 0.2) is 5.78 Å². The molecular weight excluding hydrogens is 538 g/mol. The highest BCUT2D eigenvalue weighted by molar-refractivity contribution is 6.45. The Bertz CT molecular complexity index is 856. The average Bonchev–Trinajstić information content (AvgIpc) is 3.40. The lowest BCUT2D eigenvalue weighted by Crippen LogP contribution is -3.00. The van der Waals surface area contributed by atoms with Crippen molar-refractivity contribution in [1.82, 2.24) is 4.90 Å². The smallest absolute Gasteiger partial charge is 0.171 e. The maximum atomic E-state index is 13.8. The summed E-state index contributed by atoms with van der Waals surface area (Å²) < 4.78 is 7.12. The molecule has 0 N–H and O–H groups in total. The van der Waals surface area contributed by atoms with E-state index in [0.717, 1.165) is 74.6 Å². The van der Waals surface area contributed by atoms with E-state index in [9.17, 15) is 4.79 Å². The predicted octanol–water partition coefficient (Wildman–Crippen LogP) is 4.32. The molecule has 0 aromatic heterocycles. The van der Waals surface area contributed by atoms with Gasteiger partial charge in [-0.2, -0.15) is 0 Å². The Morgan fingerprint density at radius 3 is 2.33 bits per heavy atom. The Morgan fingerprint density at radius 1 is 1.08 bits per heavy atom. The number of ketones is 1. The summed E-state index contributed by atoms with van der Waals surface area (Å²) >= 11 is 13.4. The Balaban J connectivity index is 0.00000324. The van der Waals surface area contributed by atoms with Crippen molar-refractivity contribution in [3.63, 3.8) is 0 Å². The highest BCUT2D eigenvalue weighted by Gasteiger charge is 2.51. The van der Waals surface area contributed by atoms with Crippen LogP contribution in [0.3, 0.4) is 0 Å². The van der Waals surface area contributed by atoms with Gasteiger partial charge in [0.1, 0.15) is 10.8 Å². The summed E-state index contributed by atoms with van der Waals surface area (Å²) in [5, 5.41) is 0.793. The predicted molar refractivity (Wildman–Crippen MR) is 151 cm³/mol. The van der Waals surface area contributed by atoms with Gasteiger partial charge < -0.3 is 26.5 Å². The van der Waals surface area contributed by atoms with Crippen LogP contribution in [0.15, 0.2) is 6.07 Å². The molecule has 0 heterocycles. The van der Waals surface area contributed by atoms with Gasteiger partial charge in [-0.3, -0.25) is 4.79 Å². The van der Waals surface area contributed by atoms with Crippen molar-refractivity contribution in [2.45, 2.75) is 71.1 Å². The Labute approximate surface area is 241 Å². The van der Waals surface area contributed by atoms with E-state index < -0.39 is 0 Å². The zero-order chi connectivity index (χ0) is 24.9. The van der Waals surface area contributed by atoms with Crippen molar-refractivity contribution in [2.24, 2.45) is 11.3 Å². The Kier molecular flexibility index (Phi) is 13.9. The number of rotatable bonds is 13. The van der Waals surface area contributed by atoms with Crippen LogP contribution >= 0.6 is 35.6 Å². The van der Waals surface area contributed by atoms with Crippen LogP contribution in [0.25, 0.3) is 0 Å². The fourth-order valence-corrected chi connectivity index (χ4v) is 6.62. The van der Waals surface area contributed by atoms with Gasteiger partial charge in [-0.15, -0.1) is 12.4 Å². The Morgan fingerprint density at radius 2 is 1.72 bits per heavy atom. The third kappa shape index (κ3) is 7.90. The Hall–Kier alpha value is -0.230. The minimum absolute atomic E-state index is 0. The van der Waals surface area contributed by atoms with Crippen molar-refractivity contribution >= 4 is 41.4 Å². The summed E-state index contributed by atoms with van der Waals surface area (Å²) in [7, 11) is 8.79. The monoisotopic (exact) mass is 582 g/mol. The number of unbranched alkanes of at least 4 members (excludes halogenated alkanes) is 1. The molecule has 36 heavy (non-hydrogen) atoms. The van der Waals surface area contributed by atoms with Gasteiger partial charge in [-0.25, -0.2) is 0 Å². The lowest BCUT2D eigenvalue weighted by molar-refractivity contribution is -0.890. The number of carbonyl (C=O) groups is 1. The first-order valence-corrected chi connectivity index (χ1v) is 14.0. The fourth-order valence-electron chi connectivity index (χ4n) is 6.12. The topological polar surface area (TPSA) is 29.5 Å². The number of Topliss-reactive ketones (excluding diaryl/α,β-unsaturated/α-hetero) is 1. The van der Waals surface area contributed by atoms with E-state index in [-0.39, 0.29) is 36.0 Å². The van der Waals surface area contributed by atoms with Gasteiger partial charge in [0.05, 0.1) is 38.8 Å². The van der Waals surface area contributed by atoms with Crippen LogP contribution in [0.2, 0.25) is 10.0 Å². The quantitative estimate of drug-likeness (QED) is 0.256. The molecule has 208 valence electrons. The summed E-state index contributed by atoms with van der Waals surface area (Å²) in [6, 6.07) is 2.02. The molecule has 1 atom stereocenters. The molecule has 1 fully saturated rings. The maximum Gasteiger partial charge on any atom is 0.171 e. The number of hydrogen-bond acceptors (Lipinski definition) is 3. The van der Waals surface area contributed by atoms with E-state index in [1.54, 1.807) is 0 Å². The fraction of sp³-hybridized carbons (Fsp3) is 0.750. The second-order valence-electron chi connectivity index (χ2n) is 11.5. The third-order valence-electron chi connectivity index (χ3n) is 8.09. The number of nitrogens with zero attached hydrogens (tertiary/aromatic N) is 2. The number of halogens is 4. The number of quaternary nitrogens is 1. The van der Waals surface area contributed by atoms with Crippen LogP contribution in [0, 0.1) is 11.3 Å². The maximum absolute atomic E-state index is 13.8. The van der Waals surface area contributed by atoms with Crippen LogP contribution < -0.4 is 17.1 Å². The number of carbonyl (C=O) groups excluding carboxylic acids is 1. The molecule has 1 unspecified atom stereocenters. The highest BCUT2D eigenvalue weighted by atomic mass is 35.5. The van der Waals surface area contributed by atoms with Crippen molar-refractivity contribution in [1.29, 1.82) is 0 Å². The largest absolute Gasteiger partial charge is 1.00 e. The number of benzene rings is 1. The molecule has 0 bridgehead atoms. The van der Waals surface area contributed by atoms with E-state index >= 15 is 0 Å². The van der Waals surface area contributed by atoms with Crippen LogP contribution in [0.5, 0.6) is 5.75 Å². The minimum atomic E-state index is -0.297. The van der Waals surface area contributed by atoms with Gasteiger partial charge in [-0.05, 0) is 57.3 Å². The molecule has 0 saturated heterocycles. The zero-order valence-electron chi connectivity index (χ0n) is 22.8. The SMILES string of the molecule is CCCCC1(C2CCCC2)Cc2cc(OCCC[N+](C)(C)CCCN(C)C)c(Cl)c(Cl)c2C1=O.Cl.[Cl-]. The molecule has 1 saturated carbocycles. The standard InChI is InChI=1S/C28H45Cl2N2O2.2ClH/c1-6-7-14-28(22-12-8-9-13-22)20-21-19-23(25(29)26(30)24(21)27(28)33)34-18-11-17-32(4,5)16-10-15-31(2)3;;/h19,22H,6-18,20H2,1-5H3;2*1H/q+1;;/p-1. The second-order valence-corrected chi connectivity index (χ2v) is 12.3. The number of ether oxygens (including phenoxy) is 1. The van der Waals surface area contributed by atoms with Crippen molar-refractivity contribution in [3.8, 4) is 5.75 Å². The zero-order valence-corrected chi connectivity index (χ0v) is 25.9. The van der Waals surface area contributed by atoms with Crippen molar-refractivity contribution in [3.05, 3.63) is 27.2 Å². The van der Waals surface area contributed by atoms with Crippen LogP contribution in [0.4, 0.5) is 0 Å². The molecule has 8 heteroatoms. The van der Waals surface area contributed by atoms with Crippen molar-refractivity contribution < 1.29 is 26.4 Å².